The third-order valence-electron chi connectivity index (χ3n) is 1.42. The van der Waals surface area contributed by atoms with Gasteiger partial charge in [0.05, 0.1) is 12.0 Å². The number of aliphatic hydroxyl groups is 6. The van der Waals surface area contributed by atoms with Crippen LogP contribution in [0.15, 0.2) is 0 Å². The van der Waals surface area contributed by atoms with Crippen molar-refractivity contribution < 1.29 is 35.4 Å². The smallest absolute Gasteiger partial charge is 0.151 e. The standard InChI is InChI=1S/C6H12O6.C2H6OS/c7-1-3(9)5(11)6(12)4(10)2-8;1-2(3)4/h1,3-6,8-12H,2H2;2-4H,1H3. The normalized spacial score (nSPS) is 19.8. The van der Waals surface area contributed by atoms with Crippen LogP contribution >= 0.6 is 12.6 Å². The van der Waals surface area contributed by atoms with Crippen molar-refractivity contribution in [3.63, 3.8) is 0 Å². The van der Waals surface area contributed by atoms with Crippen molar-refractivity contribution in [3.8, 4) is 0 Å². The minimum absolute atomic E-state index is 0.0258. The summed E-state index contributed by atoms with van der Waals surface area (Å²) in [5, 5.41) is 51.5. The molecule has 0 heterocycles. The molecule has 0 aromatic rings. The minimum atomic E-state index is -1.79. The molecule has 16 heavy (non-hydrogen) atoms. The third-order valence-corrected chi connectivity index (χ3v) is 1.42. The highest BCUT2D eigenvalue weighted by Gasteiger charge is 2.29. The van der Waals surface area contributed by atoms with E-state index < -0.39 is 36.5 Å². The van der Waals surface area contributed by atoms with Gasteiger partial charge in [0.2, 0.25) is 0 Å². The monoisotopic (exact) mass is 258 g/mol. The Morgan fingerprint density at radius 3 is 1.75 bits per heavy atom. The fourth-order valence-corrected chi connectivity index (χ4v) is 0.618. The van der Waals surface area contributed by atoms with Gasteiger partial charge in [-0.25, -0.2) is 0 Å². The number of carbonyl (C=O) groups excluding carboxylic acids is 1. The van der Waals surface area contributed by atoms with Gasteiger partial charge in [-0.2, -0.15) is 0 Å². The van der Waals surface area contributed by atoms with Crippen molar-refractivity contribution in [1.29, 1.82) is 0 Å². The molecule has 0 bridgehead atoms. The first-order valence-electron chi connectivity index (χ1n) is 4.42. The Balaban J connectivity index is 0. The van der Waals surface area contributed by atoms with Crippen molar-refractivity contribution in [2.45, 2.75) is 36.8 Å². The summed E-state index contributed by atoms with van der Waals surface area (Å²) in [7, 11) is 0. The molecule has 0 aliphatic carbocycles. The summed E-state index contributed by atoms with van der Waals surface area (Å²) in [6, 6.07) is 0. The maximum atomic E-state index is 9.90. The molecule has 0 aromatic carbocycles. The molecule has 0 rings (SSSR count). The van der Waals surface area contributed by atoms with Gasteiger partial charge in [-0.1, -0.05) is 0 Å². The van der Waals surface area contributed by atoms with E-state index in [9.17, 15) is 4.79 Å². The van der Waals surface area contributed by atoms with Crippen molar-refractivity contribution >= 4 is 18.9 Å². The molecule has 0 radical (unpaired) electrons. The van der Waals surface area contributed by atoms with E-state index in [1.54, 1.807) is 6.92 Å². The third kappa shape index (κ3) is 9.04. The molecule has 6 N–H and O–H groups in total. The van der Waals surface area contributed by atoms with Crippen LogP contribution in [0.4, 0.5) is 0 Å². The highest BCUT2D eigenvalue weighted by atomic mass is 32.1. The summed E-state index contributed by atoms with van der Waals surface area (Å²) in [6.07, 6.45) is -6.84. The van der Waals surface area contributed by atoms with E-state index in [2.05, 4.69) is 12.6 Å². The maximum Gasteiger partial charge on any atom is 0.151 e. The lowest BCUT2D eigenvalue weighted by molar-refractivity contribution is -0.136. The molecule has 5 atom stereocenters. The second kappa shape index (κ2) is 9.97. The molecule has 0 aromatic heterocycles. The number of aldehydes is 1. The molecule has 5 unspecified atom stereocenters. The zero-order valence-corrected chi connectivity index (χ0v) is 9.60. The number of thiol groups is 1. The van der Waals surface area contributed by atoms with E-state index in [1.807, 2.05) is 0 Å². The Bertz CT molecular complexity index is 175. The summed E-state index contributed by atoms with van der Waals surface area (Å²) in [4.78, 5) is 9.90. The average Bonchev–Trinajstić information content (AvgIpc) is 2.24. The van der Waals surface area contributed by atoms with E-state index in [0.29, 0.717) is 0 Å². The van der Waals surface area contributed by atoms with Gasteiger partial charge in [0.25, 0.3) is 0 Å². The first kappa shape index (κ1) is 18.2. The van der Waals surface area contributed by atoms with Crippen molar-refractivity contribution in [2.75, 3.05) is 6.61 Å². The highest BCUT2D eigenvalue weighted by Crippen LogP contribution is 2.02. The van der Waals surface area contributed by atoms with Crippen LogP contribution < -0.4 is 0 Å². The van der Waals surface area contributed by atoms with Gasteiger partial charge in [0, 0.05) is 0 Å². The van der Waals surface area contributed by atoms with Crippen LogP contribution in [0.25, 0.3) is 0 Å². The molecule has 0 saturated carbocycles. The van der Waals surface area contributed by atoms with Gasteiger partial charge in [-0.05, 0) is 6.92 Å². The lowest BCUT2D eigenvalue weighted by Crippen LogP contribution is -2.46. The minimum Gasteiger partial charge on any atom is -0.394 e. The van der Waals surface area contributed by atoms with E-state index in [1.165, 1.54) is 0 Å². The van der Waals surface area contributed by atoms with Crippen molar-refractivity contribution in [2.24, 2.45) is 0 Å². The van der Waals surface area contributed by atoms with Crippen LogP contribution in [0.3, 0.4) is 0 Å². The molecule has 0 saturated heterocycles. The molecule has 0 spiro atoms. The lowest BCUT2D eigenvalue weighted by atomic mass is 10.0. The van der Waals surface area contributed by atoms with E-state index in [-0.39, 0.29) is 6.29 Å². The Morgan fingerprint density at radius 2 is 1.50 bits per heavy atom. The Hall–Kier alpha value is -0.220. The summed E-state index contributed by atoms with van der Waals surface area (Å²) in [5.41, 5.74) is -0.472. The zero-order valence-electron chi connectivity index (χ0n) is 8.71. The number of carbonyl (C=O) groups is 1. The summed E-state index contributed by atoms with van der Waals surface area (Å²) < 4.78 is 0. The van der Waals surface area contributed by atoms with Gasteiger partial charge in [-0.3, -0.25) is 0 Å². The number of aliphatic hydroxyl groups excluding tert-OH is 6. The van der Waals surface area contributed by atoms with Crippen LogP contribution in [0, 0.1) is 0 Å². The predicted octanol–water partition coefficient (Wildman–Crippen LogP) is -3.12. The van der Waals surface area contributed by atoms with Crippen molar-refractivity contribution in [1.82, 2.24) is 0 Å². The molecule has 8 heteroatoms. The highest BCUT2D eigenvalue weighted by molar-refractivity contribution is 7.80. The van der Waals surface area contributed by atoms with E-state index in [4.69, 9.17) is 30.6 Å². The average molecular weight is 258 g/mol. The molecule has 0 fully saturated rings. The first-order valence-corrected chi connectivity index (χ1v) is 4.94. The largest absolute Gasteiger partial charge is 0.394 e. The molecule has 98 valence electrons. The van der Waals surface area contributed by atoms with Gasteiger partial charge in [0.15, 0.2) is 6.29 Å². The van der Waals surface area contributed by atoms with Crippen LogP contribution in [0.1, 0.15) is 6.92 Å². The first-order chi connectivity index (χ1) is 7.27. The lowest BCUT2D eigenvalue weighted by Gasteiger charge is -2.22. The Labute approximate surface area is 98.4 Å². The molecule has 7 nitrogen and oxygen atoms in total. The predicted molar refractivity (Wildman–Crippen MR) is 57.8 cm³/mol. The van der Waals surface area contributed by atoms with Crippen molar-refractivity contribution in [3.05, 3.63) is 0 Å². The maximum absolute atomic E-state index is 9.90. The van der Waals surface area contributed by atoms with Crippen LogP contribution in [0.5, 0.6) is 0 Å². The zero-order chi connectivity index (χ0) is 13.3. The summed E-state index contributed by atoms with van der Waals surface area (Å²) >= 11 is 3.52. The number of rotatable bonds is 5. The van der Waals surface area contributed by atoms with Gasteiger partial charge in [-0.15, -0.1) is 12.6 Å². The summed E-state index contributed by atoms with van der Waals surface area (Å²) in [6.45, 7) is 0.826. The van der Waals surface area contributed by atoms with Crippen LogP contribution in [-0.4, -0.2) is 73.4 Å². The topological polar surface area (TPSA) is 138 Å². The quantitative estimate of drug-likeness (QED) is 0.157. The van der Waals surface area contributed by atoms with Gasteiger partial charge < -0.3 is 35.4 Å². The molecule has 0 amide bonds. The second-order valence-corrected chi connectivity index (χ2v) is 3.74. The SMILES string of the molecule is CC(O)S.O=CC(O)C(O)C(O)C(O)CO. The number of hydrogen-bond acceptors (Lipinski definition) is 8. The van der Waals surface area contributed by atoms with Crippen LogP contribution in [0.2, 0.25) is 0 Å². The summed E-state index contributed by atoms with van der Waals surface area (Å²) in [5.74, 6) is 0. The molecular weight excluding hydrogens is 240 g/mol. The second-order valence-electron chi connectivity index (χ2n) is 2.99. The molecule has 0 aliphatic rings. The molecular formula is C8H18O7S. The number of hydrogen-bond donors (Lipinski definition) is 7. The van der Waals surface area contributed by atoms with E-state index in [0.717, 1.165) is 0 Å². The fourth-order valence-electron chi connectivity index (χ4n) is 0.618. The molecule has 0 aliphatic heterocycles. The van der Waals surface area contributed by atoms with E-state index >= 15 is 0 Å². The van der Waals surface area contributed by atoms with Gasteiger partial charge >= 0.3 is 0 Å². The Morgan fingerprint density at radius 1 is 1.12 bits per heavy atom. The Kier molecular flexibility index (Phi) is 11.3. The van der Waals surface area contributed by atoms with Crippen LogP contribution in [-0.2, 0) is 4.79 Å². The van der Waals surface area contributed by atoms with Gasteiger partial charge in [0.1, 0.15) is 24.4 Å². The fraction of sp³-hybridized carbons (Fsp3) is 0.875.